The Bertz CT molecular complexity index is 1020. The van der Waals surface area contributed by atoms with Crippen molar-refractivity contribution < 1.29 is 18.7 Å². The van der Waals surface area contributed by atoms with E-state index in [0.717, 1.165) is 16.9 Å². The van der Waals surface area contributed by atoms with Crippen LogP contribution in [0.1, 0.15) is 27.2 Å². The van der Waals surface area contributed by atoms with Crippen LogP contribution in [0.2, 0.25) is 0 Å². The molecular formula is C24H24N2O4. The lowest BCUT2D eigenvalue weighted by molar-refractivity contribution is -0.117. The highest BCUT2D eigenvalue weighted by Crippen LogP contribution is 2.11. The molecule has 2 aromatic carbocycles. The Morgan fingerprint density at radius 3 is 2.50 bits per heavy atom. The largest absolute Gasteiger partial charge is 0.492 e. The van der Waals surface area contributed by atoms with Gasteiger partial charge in [0.15, 0.2) is 0 Å². The smallest absolute Gasteiger partial charge is 0.268 e. The molecule has 0 aliphatic heterocycles. The molecule has 3 rings (SSSR count). The Labute approximate surface area is 175 Å². The Hall–Kier alpha value is -3.80. The zero-order chi connectivity index (χ0) is 21.3. The van der Waals surface area contributed by atoms with Crippen LogP contribution in [-0.4, -0.2) is 25.0 Å². The topological polar surface area (TPSA) is 80.6 Å². The maximum absolute atomic E-state index is 12.7. The number of aryl methyl sites for hydroxylation is 2. The van der Waals surface area contributed by atoms with Crippen molar-refractivity contribution >= 4 is 17.9 Å². The average molecular weight is 404 g/mol. The summed E-state index contributed by atoms with van der Waals surface area (Å²) in [5, 5.41) is 5.43. The summed E-state index contributed by atoms with van der Waals surface area (Å²) in [6.45, 7) is 4.48. The van der Waals surface area contributed by atoms with E-state index >= 15 is 0 Å². The summed E-state index contributed by atoms with van der Waals surface area (Å²) < 4.78 is 10.9. The molecule has 6 heteroatoms. The minimum Gasteiger partial charge on any atom is -0.492 e. The van der Waals surface area contributed by atoms with E-state index in [4.69, 9.17) is 9.15 Å². The zero-order valence-electron chi connectivity index (χ0n) is 17.0. The highest BCUT2D eigenvalue weighted by Gasteiger charge is 2.15. The Balaban J connectivity index is 1.62. The lowest BCUT2D eigenvalue weighted by Crippen LogP contribution is -2.36. The lowest BCUT2D eigenvalue weighted by Gasteiger charge is -2.12. The summed E-state index contributed by atoms with van der Waals surface area (Å²) in [6.07, 6.45) is 2.99. The SMILES string of the molecule is Cc1ccc(OCCNC(=O)/C(=C/c2ccco2)NC(=O)c2cccc(C)c2)cc1. The summed E-state index contributed by atoms with van der Waals surface area (Å²) in [5.74, 6) is 0.386. The van der Waals surface area contributed by atoms with Crippen molar-refractivity contribution in [1.29, 1.82) is 0 Å². The van der Waals surface area contributed by atoms with E-state index in [-0.39, 0.29) is 18.1 Å². The predicted octanol–water partition coefficient (Wildman–Crippen LogP) is 3.86. The summed E-state index contributed by atoms with van der Waals surface area (Å²) >= 11 is 0. The molecule has 0 atom stereocenters. The van der Waals surface area contributed by atoms with Gasteiger partial charge in [0.25, 0.3) is 11.8 Å². The number of carbonyl (C=O) groups excluding carboxylic acids is 2. The second kappa shape index (κ2) is 10.1. The predicted molar refractivity (Wildman–Crippen MR) is 115 cm³/mol. The molecule has 2 amide bonds. The monoisotopic (exact) mass is 404 g/mol. The summed E-state index contributed by atoms with van der Waals surface area (Å²) in [6, 6.07) is 18.2. The first kappa shape index (κ1) is 20.9. The number of hydrogen-bond donors (Lipinski definition) is 2. The number of carbonyl (C=O) groups is 2. The van der Waals surface area contributed by atoms with Crippen molar-refractivity contribution in [3.63, 3.8) is 0 Å². The van der Waals surface area contributed by atoms with Crippen LogP contribution >= 0.6 is 0 Å². The molecule has 0 saturated heterocycles. The molecule has 3 aromatic rings. The Morgan fingerprint density at radius 2 is 1.80 bits per heavy atom. The minimum atomic E-state index is -0.431. The van der Waals surface area contributed by atoms with Crippen LogP contribution in [0, 0.1) is 13.8 Å². The Morgan fingerprint density at radius 1 is 1.00 bits per heavy atom. The van der Waals surface area contributed by atoms with Crippen molar-refractivity contribution in [3.8, 4) is 5.75 Å². The number of rotatable bonds is 8. The first-order valence-corrected chi connectivity index (χ1v) is 9.62. The molecule has 0 radical (unpaired) electrons. The zero-order valence-corrected chi connectivity index (χ0v) is 17.0. The molecule has 154 valence electrons. The van der Waals surface area contributed by atoms with Crippen LogP contribution in [0.4, 0.5) is 0 Å². The Kier molecular flexibility index (Phi) is 7.05. The van der Waals surface area contributed by atoms with Crippen LogP contribution in [0.3, 0.4) is 0 Å². The molecular weight excluding hydrogens is 380 g/mol. The molecule has 0 unspecified atom stereocenters. The molecule has 0 aliphatic carbocycles. The molecule has 0 aliphatic rings. The fraction of sp³-hybridized carbons (Fsp3) is 0.167. The standard InChI is InChI=1S/C24H24N2O4/c1-17-8-10-20(11-9-17)30-14-12-25-24(28)22(16-21-7-4-13-29-21)26-23(27)19-6-3-5-18(2)15-19/h3-11,13,15-16H,12,14H2,1-2H3,(H,25,28)(H,26,27)/b22-16-. The van der Waals surface area contributed by atoms with E-state index in [1.165, 1.54) is 12.3 Å². The van der Waals surface area contributed by atoms with E-state index in [0.29, 0.717) is 17.9 Å². The maximum atomic E-state index is 12.7. The van der Waals surface area contributed by atoms with Gasteiger partial charge in [-0.05, 0) is 50.2 Å². The normalized spacial score (nSPS) is 11.1. The van der Waals surface area contributed by atoms with Crippen molar-refractivity contribution in [2.24, 2.45) is 0 Å². The third-order valence-electron chi connectivity index (χ3n) is 4.28. The first-order chi connectivity index (χ1) is 14.5. The van der Waals surface area contributed by atoms with E-state index in [9.17, 15) is 9.59 Å². The van der Waals surface area contributed by atoms with Crippen molar-refractivity contribution in [2.75, 3.05) is 13.2 Å². The average Bonchev–Trinajstić information content (AvgIpc) is 3.25. The van der Waals surface area contributed by atoms with Gasteiger partial charge in [-0.25, -0.2) is 0 Å². The van der Waals surface area contributed by atoms with Crippen molar-refractivity contribution in [3.05, 3.63) is 95.1 Å². The fourth-order valence-electron chi connectivity index (χ4n) is 2.72. The molecule has 1 heterocycles. The van der Waals surface area contributed by atoms with Gasteiger partial charge in [0, 0.05) is 11.6 Å². The summed E-state index contributed by atoms with van der Waals surface area (Å²) in [5.41, 5.74) is 2.66. The number of ether oxygens (including phenoxy) is 1. The van der Waals surface area contributed by atoms with Crippen LogP contribution in [0.15, 0.2) is 77.0 Å². The maximum Gasteiger partial charge on any atom is 0.268 e. The quantitative estimate of drug-likeness (QED) is 0.441. The van der Waals surface area contributed by atoms with Crippen molar-refractivity contribution in [2.45, 2.75) is 13.8 Å². The van der Waals surface area contributed by atoms with Gasteiger partial charge in [0.1, 0.15) is 23.8 Å². The third-order valence-corrected chi connectivity index (χ3v) is 4.28. The van der Waals surface area contributed by atoms with Gasteiger partial charge >= 0.3 is 0 Å². The number of benzene rings is 2. The van der Waals surface area contributed by atoms with Gasteiger partial charge in [-0.2, -0.15) is 0 Å². The highest BCUT2D eigenvalue weighted by atomic mass is 16.5. The van der Waals surface area contributed by atoms with E-state index in [2.05, 4.69) is 10.6 Å². The number of amides is 2. The van der Waals surface area contributed by atoms with E-state index in [1.807, 2.05) is 44.2 Å². The van der Waals surface area contributed by atoms with Crippen molar-refractivity contribution in [1.82, 2.24) is 10.6 Å². The third kappa shape index (κ3) is 6.10. The number of hydrogen-bond acceptors (Lipinski definition) is 4. The summed E-state index contributed by atoms with van der Waals surface area (Å²) in [7, 11) is 0. The summed E-state index contributed by atoms with van der Waals surface area (Å²) in [4.78, 5) is 25.3. The molecule has 1 aromatic heterocycles. The van der Waals surface area contributed by atoms with Gasteiger partial charge in [0.05, 0.1) is 12.8 Å². The first-order valence-electron chi connectivity index (χ1n) is 9.62. The molecule has 30 heavy (non-hydrogen) atoms. The number of furan rings is 1. The molecule has 2 N–H and O–H groups in total. The van der Waals surface area contributed by atoms with Gasteiger partial charge in [-0.1, -0.05) is 35.4 Å². The van der Waals surface area contributed by atoms with Gasteiger partial charge in [-0.15, -0.1) is 0 Å². The van der Waals surface area contributed by atoms with Crippen LogP contribution in [0.25, 0.3) is 6.08 Å². The molecule has 0 fully saturated rings. The van der Waals surface area contributed by atoms with E-state index < -0.39 is 5.91 Å². The fourth-order valence-corrected chi connectivity index (χ4v) is 2.72. The highest BCUT2D eigenvalue weighted by molar-refractivity contribution is 6.05. The molecule has 0 bridgehead atoms. The minimum absolute atomic E-state index is 0.0896. The number of nitrogens with one attached hydrogen (secondary N) is 2. The van der Waals surface area contributed by atoms with Crippen LogP contribution in [0.5, 0.6) is 5.75 Å². The second-order valence-electron chi connectivity index (χ2n) is 6.81. The van der Waals surface area contributed by atoms with Crippen LogP contribution < -0.4 is 15.4 Å². The lowest BCUT2D eigenvalue weighted by atomic mass is 10.1. The van der Waals surface area contributed by atoms with Gasteiger partial charge in [-0.3, -0.25) is 9.59 Å². The molecule has 0 saturated carbocycles. The molecule has 6 nitrogen and oxygen atoms in total. The van der Waals surface area contributed by atoms with Crippen LogP contribution in [-0.2, 0) is 4.79 Å². The molecule has 0 spiro atoms. The second-order valence-corrected chi connectivity index (χ2v) is 6.81. The van der Waals surface area contributed by atoms with Gasteiger partial charge in [0.2, 0.25) is 0 Å². The van der Waals surface area contributed by atoms with E-state index in [1.54, 1.807) is 30.3 Å². The van der Waals surface area contributed by atoms with Gasteiger partial charge < -0.3 is 19.8 Å².